The van der Waals surface area contributed by atoms with Gasteiger partial charge in [-0.1, -0.05) is 84.4 Å². The van der Waals surface area contributed by atoms with Crippen LogP contribution >= 0.6 is 34.7 Å². The molecule has 45 heavy (non-hydrogen) atoms. The molecule has 3 aromatic carbocycles. The van der Waals surface area contributed by atoms with Gasteiger partial charge in [0, 0.05) is 16.3 Å². The Kier molecular flexibility index (Phi) is 10.2. The first kappa shape index (κ1) is 32.5. The number of nitrogens with zero attached hydrogens (tertiary/aromatic N) is 3. The van der Waals surface area contributed by atoms with E-state index in [0.29, 0.717) is 50.3 Å². The number of aromatic nitrogens is 2. The van der Waals surface area contributed by atoms with Gasteiger partial charge in [0.2, 0.25) is 5.13 Å². The fraction of sp³-hybridized carbons (Fsp3) is 0.294. The summed E-state index contributed by atoms with van der Waals surface area (Å²) in [5, 5.41) is 21.2. The summed E-state index contributed by atoms with van der Waals surface area (Å²) in [6.45, 7) is 8.51. The largest absolute Gasteiger partial charge is 0.507 e. The van der Waals surface area contributed by atoms with Crippen molar-refractivity contribution in [1.29, 1.82) is 0 Å². The maximum atomic E-state index is 13.7. The maximum absolute atomic E-state index is 13.7. The fourth-order valence-corrected chi connectivity index (χ4v) is 6.89. The summed E-state index contributed by atoms with van der Waals surface area (Å²) in [6.07, 6.45) is 0.871. The van der Waals surface area contributed by atoms with Gasteiger partial charge in [-0.05, 0) is 73.2 Å². The number of carbonyl (C=O) groups is 2. The lowest BCUT2D eigenvalue weighted by atomic mass is 9.93. The highest BCUT2D eigenvalue weighted by molar-refractivity contribution is 8.00. The van der Waals surface area contributed by atoms with Crippen molar-refractivity contribution in [1.82, 2.24) is 10.2 Å². The molecule has 1 aliphatic rings. The molecule has 8 nitrogen and oxygen atoms in total. The number of hydrogen-bond donors (Lipinski definition) is 1. The number of Topliss-reactive ketones (excluding diaryl/α,β-unsaturated/α-hetero) is 1. The van der Waals surface area contributed by atoms with Crippen LogP contribution in [0.15, 0.2) is 70.6 Å². The van der Waals surface area contributed by atoms with Crippen LogP contribution in [0.1, 0.15) is 54.1 Å². The molecule has 1 amide bonds. The number of benzene rings is 3. The minimum atomic E-state index is -0.981. The van der Waals surface area contributed by atoms with E-state index >= 15 is 0 Å². The summed E-state index contributed by atoms with van der Waals surface area (Å²) in [4.78, 5) is 28.8. The number of halogens is 1. The summed E-state index contributed by atoms with van der Waals surface area (Å²) >= 11 is 8.69. The lowest BCUT2D eigenvalue weighted by Crippen LogP contribution is -2.29. The molecular weight excluding hydrogens is 630 g/mol. The molecule has 1 aliphatic heterocycles. The van der Waals surface area contributed by atoms with Crippen molar-refractivity contribution >= 4 is 57.3 Å². The van der Waals surface area contributed by atoms with E-state index in [-0.39, 0.29) is 16.5 Å². The number of carbonyl (C=O) groups excluding carboxylic acids is 2. The van der Waals surface area contributed by atoms with Crippen molar-refractivity contribution in [3.8, 4) is 11.5 Å². The van der Waals surface area contributed by atoms with Crippen LogP contribution in [0, 0.1) is 19.8 Å². The van der Waals surface area contributed by atoms with Crippen molar-refractivity contribution in [2.24, 2.45) is 5.92 Å². The molecule has 1 aromatic heterocycles. The van der Waals surface area contributed by atoms with Crippen LogP contribution in [0.4, 0.5) is 5.13 Å². The Morgan fingerprint density at radius 1 is 1.04 bits per heavy atom. The van der Waals surface area contributed by atoms with E-state index in [4.69, 9.17) is 21.1 Å². The average Bonchev–Trinajstić information content (AvgIpc) is 3.59. The average molecular weight is 664 g/mol. The van der Waals surface area contributed by atoms with Gasteiger partial charge < -0.3 is 14.6 Å². The molecule has 0 radical (unpaired) electrons. The van der Waals surface area contributed by atoms with Gasteiger partial charge in [0.05, 0.1) is 25.3 Å². The van der Waals surface area contributed by atoms with Gasteiger partial charge in [-0.2, -0.15) is 0 Å². The van der Waals surface area contributed by atoms with Crippen molar-refractivity contribution < 1.29 is 24.2 Å². The smallest absolute Gasteiger partial charge is 0.301 e. The molecule has 2 heterocycles. The second-order valence-corrected chi connectivity index (χ2v) is 13.8. The molecule has 0 bridgehead atoms. The summed E-state index contributed by atoms with van der Waals surface area (Å²) in [6, 6.07) is 17.4. The second kappa shape index (κ2) is 14.1. The minimum Gasteiger partial charge on any atom is -0.507 e. The van der Waals surface area contributed by atoms with E-state index in [1.165, 1.54) is 35.1 Å². The quantitative estimate of drug-likeness (QED) is 0.0564. The highest BCUT2D eigenvalue weighted by Gasteiger charge is 2.48. The van der Waals surface area contributed by atoms with E-state index in [9.17, 15) is 14.7 Å². The summed E-state index contributed by atoms with van der Waals surface area (Å²) in [5.41, 5.74) is 3.73. The van der Waals surface area contributed by atoms with E-state index in [1.54, 1.807) is 24.3 Å². The molecule has 5 rings (SSSR count). The third kappa shape index (κ3) is 7.19. The highest BCUT2D eigenvalue weighted by atomic mass is 35.5. The predicted molar refractivity (Wildman–Crippen MR) is 180 cm³/mol. The third-order valence-corrected chi connectivity index (χ3v) is 9.81. The number of hydrogen-bond acceptors (Lipinski definition) is 9. The zero-order valence-corrected chi connectivity index (χ0v) is 28.1. The van der Waals surface area contributed by atoms with Gasteiger partial charge in [-0.3, -0.25) is 14.5 Å². The van der Waals surface area contributed by atoms with Gasteiger partial charge in [0.15, 0.2) is 15.8 Å². The van der Waals surface area contributed by atoms with Crippen LogP contribution in [-0.4, -0.2) is 40.7 Å². The standard InChI is InChI=1S/C34H34ClN3O5S2/c1-19(2)14-15-43-26-13-10-23(17-27(26)42-5)29-28(30(39)25-16-20(3)6-7-21(25)4)31(40)32(41)38(29)33-36-37-34(45-33)44-18-22-8-11-24(35)12-9-22/h6-13,16-17,19,29,39H,14-15,18H2,1-5H3. The minimum absolute atomic E-state index is 0.0326. The highest BCUT2D eigenvalue weighted by Crippen LogP contribution is 2.46. The molecule has 0 saturated carbocycles. The number of thioether (sulfide) groups is 1. The van der Waals surface area contributed by atoms with Gasteiger partial charge >= 0.3 is 5.91 Å². The Hall–Kier alpha value is -3.86. The van der Waals surface area contributed by atoms with Crippen LogP contribution < -0.4 is 14.4 Å². The Bertz CT molecular complexity index is 1750. The molecule has 1 N–H and O–H groups in total. The molecule has 0 spiro atoms. The third-order valence-electron chi connectivity index (χ3n) is 7.43. The monoisotopic (exact) mass is 663 g/mol. The van der Waals surface area contributed by atoms with Crippen LogP contribution in [-0.2, 0) is 15.3 Å². The zero-order valence-electron chi connectivity index (χ0n) is 25.7. The summed E-state index contributed by atoms with van der Waals surface area (Å²) in [7, 11) is 1.54. The zero-order chi connectivity index (χ0) is 32.2. The van der Waals surface area contributed by atoms with Crippen molar-refractivity contribution in [2.45, 2.75) is 50.3 Å². The first-order valence-corrected chi connectivity index (χ1v) is 16.7. The van der Waals surface area contributed by atoms with Crippen molar-refractivity contribution in [2.75, 3.05) is 18.6 Å². The number of aliphatic hydroxyl groups excluding tert-OH is 1. The van der Waals surface area contributed by atoms with Gasteiger partial charge in [0.1, 0.15) is 5.76 Å². The predicted octanol–water partition coefficient (Wildman–Crippen LogP) is 8.16. The molecular formula is C34H34ClN3O5S2. The molecule has 4 aromatic rings. The Labute approximate surface area is 276 Å². The molecule has 0 aliphatic carbocycles. The van der Waals surface area contributed by atoms with E-state index < -0.39 is 17.7 Å². The number of methoxy groups -OCH3 is 1. The number of ether oxygens (including phenoxy) is 2. The first-order valence-electron chi connectivity index (χ1n) is 14.5. The number of rotatable bonds is 11. The lowest BCUT2D eigenvalue weighted by molar-refractivity contribution is -0.132. The van der Waals surface area contributed by atoms with Crippen LogP contribution in [0.5, 0.6) is 11.5 Å². The molecule has 1 fully saturated rings. The van der Waals surface area contributed by atoms with Gasteiger partial charge in [-0.15, -0.1) is 10.2 Å². The topological polar surface area (TPSA) is 102 Å². The van der Waals surface area contributed by atoms with E-state index in [1.807, 2.05) is 50.2 Å². The fourth-order valence-electron chi connectivity index (χ4n) is 4.94. The van der Waals surface area contributed by atoms with Crippen LogP contribution in [0.2, 0.25) is 5.02 Å². The van der Waals surface area contributed by atoms with Crippen molar-refractivity contribution in [3.63, 3.8) is 0 Å². The number of aryl methyl sites for hydroxylation is 2. The second-order valence-electron chi connectivity index (χ2n) is 11.2. The molecule has 1 saturated heterocycles. The van der Waals surface area contributed by atoms with Crippen molar-refractivity contribution in [3.05, 3.63) is 99.1 Å². The van der Waals surface area contributed by atoms with Gasteiger partial charge in [-0.25, -0.2) is 0 Å². The lowest BCUT2D eigenvalue weighted by Gasteiger charge is -2.24. The first-order chi connectivity index (χ1) is 21.6. The number of anilines is 1. The summed E-state index contributed by atoms with van der Waals surface area (Å²) < 4.78 is 12.3. The number of aliphatic hydroxyl groups is 1. The molecule has 1 atom stereocenters. The molecule has 234 valence electrons. The Balaban J connectivity index is 1.57. The molecule has 11 heteroatoms. The van der Waals surface area contributed by atoms with Crippen LogP contribution in [0.3, 0.4) is 0 Å². The SMILES string of the molecule is COc1cc(C2C(=C(O)c3cc(C)ccc3C)C(=O)C(=O)N2c2nnc(SCc3ccc(Cl)cc3)s2)ccc1OCCC(C)C. The summed E-state index contributed by atoms with van der Waals surface area (Å²) in [5.74, 6) is 0.237. The number of ketones is 1. The Morgan fingerprint density at radius 2 is 1.80 bits per heavy atom. The Morgan fingerprint density at radius 3 is 2.51 bits per heavy atom. The maximum Gasteiger partial charge on any atom is 0.301 e. The normalized spacial score (nSPS) is 16.1. The number of amides is 1. The van der Waals surface area contributed by atoms with E-state index in [0.717, 1.165) is 23.1 Å². The molecule has 1 unspecified atom stereocenters. The van der Waals surface area contributed by atoms with Crippen LogP contribution in [0.25, 0.3) is 5.76 Å². The van der Waals surface area contributed by atoms with E-state index in [2.05, 4.69) is 24.0 Å². The van der Waals surface area contributed by atoms with Gasteiger partial charge in [0.25, 0.3) is 5.78 Å².